The van der Waals surface area contributed by atoms with E-state index in [0.717, 1.165) is 19.0 Å². The lowest BCUT2D eigenvalue weighted by atomic mass is 9.97. The summed E-state index contributed by atoms with van der Waals surface area (Å²) in [6.07, 6.45) is 1.51. The second kappa shape index (κ2) is 6.85. The van der Waals surface area contributed by atoms with Gasteiger partial charge in [-0.3, -0.25) is 9.48 Å². The Morgan fingerprint density at radius 1 is 1.40 bits per heavy atom. The molecule has 7 nitrogen and oxygen atoms in total. The molecule has 0 N–H and O–H groups in total. The molecule has 0 aromatic carbocycles. The number of nitrogens with zero attached hydrogens (tertiary/aromatic N) is 6. The van der Waals surface area contributed by atoms with E-state index in [1.165, 1.54) is 4.57 Å². The van der Waals surface area contributed by atoms with Gasteiger partial charge in [-0.05, 0) is 12.8 Å². The third-order valence-electron chi connectivity index (χ3n) is 4.37. The molecule has 3 heterocycles. The van der Waals surface area contributed by atoms with Crippen molar-refractivity contribution in [2.75, 3.05) is 13.1 Å². The second-order valence-electron chi connectivity index (χ2n) is 6.19. The van der Waals surface area contributed by atoms with Crippen LogP contribution >= 0.6 is 0 Å². The van der Waals surface area contributed by atoms with Crippen LogP contribution in [-0.2, 0) is 24.6 Å². The first kappa shape index (κ1) is 17.4. The number of alkyl halides is 3. The summed E-state index contributed by atoms with van der Waals surface area (Å²) in [5.74, 6) is 0.150. The highest BCUT2D eigenvalue weighted by molar-refractivity contribution is 5.76. The van der Waals surface area contributed by atoms with E-state index in [0.29, 0.717) is 25.5 Å². The van der Waals surface area contributed by atoms with Gasteiger partial charge in [-0.15, -0.1) is 5.10 Å². The molecule has 0 radical (unpaired) electrons. The zero-order valence-corrected chi connectivity index (χ0v) is 13.8. The normalized spacial score (nSPS) is 18.6. The van der Waals surface area contributed by atoms with Gasteiger partial charge in [-0.25, -0.2) is 4.98 Å². The summed E-state index contributed by atoms with van der Waals surface area (Å²) < 4.78 is 41.5. The number of hydrogen-bond acceptors (Lipinski definition) is 4. The van der Waals surface area contributed by atoms with Crippen LogP contribution in [-0.4, -0.2) is 48.4 Å². The van der Waals surface area contributed by atoms with Crippen LogP contribution in [0.2, 0.25) is 0 Å². The van der Waals surface area contributed by atoms with E-state index in [2.05, 4.69) is 15.3 Å². The maximum absolute atomic E-state index is 12.8. The first-order chi connectivity index (χ1) is 11.8. The Balaban J connectivity index is 1.64. The number of rotatable bonds is 4. The van der Waals surface area contributed by atoms with Gasteiger partial charge in [0.1, 0.15) is 5.82 Å². The van der Waals surface area contributed by atoms with Crippen LogP contribution in [0.4, 0.5) is 13.2 Å². The molecule has 1 fully saturated rings. The highest BCUT2D eigenvalue weighted by atomic mass is 19.4. The number of aryl methyl sites for hydroxylation is 2. The van der Waals surface area contributed by atoms with Crippen molar-refractivity contribution in [2.24, 2.45) is 7.05 Å². The Bertz CT molecular complexity index is 724. The average molecular weight is 356 g/mol. The molecule has 2 aromatic rings. The van der Waals surface area contributed by atoms with Crippen molar-refractivity contribution >= 4 is 5.91 Å². The fourth-order valence-electron chi connectivity index (χ4n) is 3.13. The molecule has 0 unspecified atom stereocenters. The van der Waals surface area contributed by atoms with E-state index >= 15 is 0 Å². The third-order valence-corrected chi connectivity index (χ3v) is 4.37. The van der Waals surface area contributed by atoms with Crippen LogP contribution in [0.3, 0.4) is 0 Å². The fraction of sp³-hybridized carbons (Fsp3) is 0.600. The fourth-order valence-corrected chi connectivity index (χ4v) is 3.13. The first-order valence-corrected chi connectivity index (χ1v) is 8.07. The molecule has 3 rings (SSSR count). The number of carbonyl (C=O) groups is 1. The minimum absolute atomic E-state index is 0.0366. The van der Waals surface area contributed by atoms with Gasteiger partial charge >= 0.3 is 6.18 Å². The van der Waals surface area contributed by atoms with Gasteiger partial charge in [-0.2, -0.15) is 13.2 Å². The monoisotopic (exact) mass is 356 g/mol. The summed E-state index contributed by atoms with van der Waals surface area (Å²) in [7, 11) is 1.56. The van der Waals surface area contributed by atoms with Crippen LogP contribution in [0.15, 0.2) is 18.6 Å². The van der Waals surface area contributed by atoms with Gasteiger partial charge in [0.25, 0.3) is 0 Å². The summed E-state index contributed by atoms with van der Waals surface area (Å²) in [4.78, 5) is 17.8. The lowest BCUT2D eigenvalue weighted by Crippen LogP contribution is -2.40. The quantitative estimate of drug-likeness (QED) is 0.838. The third kappa shape index (κ3) is 3.99. The van der Waals surface area contributed by atoms with Gasteiger partial charge in [0.05, 0.1) is 12.7 Å². The molecule has 1 aliphatic heterocycles. The van der Waals surface area contributed by atoms with E-state index in [1.807, 2.05) is 0 Å². The molecular weight excluding hydrogens is 337 g/mol. The van der Waals surface area contributed by atoms with Crippen LogP contribution in [0, 0.1) is 0 Å². The smallest absolute Gasteiger partial charge is 0.342 e. The number of piperidine rings is 1. The summed E-state index contributed by atoms with van der Waals surface area (Å²) in [6.45, 7) is 1.43. The number of halogens is 3. The van der Waals surface area contributed by atoms with Crippen molar-refractivity contribution in [3.8, 4) is 0 Å². The van der Waals surface area contributed by atoms with E-state index in [-0.39, 0.29) is 18.2 Å². The van der Waals surface area contributed by atoms with Gasteiger partial charge in [0, 0.05) is 44.9 Å². The highest BCUT2D eigenvalue weighted by Crippen LogP contribution is 2.32. The predicted molar refractivity (Wildman–Crippen MR) is 81.4 cm³/mol. The van der Waals surface area contributed by atoms with Crippen molar-refractivity contribution in [1.29, 1.82) is 0 Å². The minimum Gasteiger partial charge on any atom is -0.342 e. The Morgan fingerprint density at radius 2 is 2.20 bits per heavy atom. The molecule has 2 aromatic heterocycles. The van der Waals surface area contributed by atoms with Crippen molar-refractivity contribution in [3.63, 3.8) is 0 Å². The molecule has 0 saturated carbocycles. The summed E-state index contributed by atoms with van der Waals surface area (Å²) >= 11 is 0. The maximum Gasteiger partial charge on any atom is 0.434 e. The molecule has 0 bridgehead atoms. The van der Waals surface area contributed by atoms with E-state index < -0.39 is 11.9 Å². The van der Waals surface area contributed by atoms with Crippen molar-refractivity contribution in [2.45, 2.75) is 37.9 Å². The van der Waals surface area contributed by atoms with Crippen molar-refractivity contribution in [3.05, 3.63) is 30.1 Å². The van der Waals surface area contributed by atoms with E-state index in [9.17, 15) is 18.0 Å². The number of amides is 1. The number of hydrogen-bond donors (Lipinski definition) is 0. The molecule has 1 atom stereocenters. The van der Waals surface area contributed by atoms with Gasteiger partial charge in [0.15, 0.2) is 5.69 Å². The van der Waals surface area contributed by atoms with E-state index in [1.54, 1.807) is 29.0 Å². The van der Waals surface area contributed by atoms with Crippen LogP contribution < -0.4 is 0 Å². The number of likely N-dealkylation sites (tertiary alicyclic amines) is 1. The molecule has 136 valence electrons. The number of aromatic nitrogens is 5. The highest BCUT2D eigenvalue weighted by Gasteiger charge is 2.36. The summed E-state index contributed by atoms with van der Waals surface area (Å²) in [6, 6.07) is 0. The minimum atomic E-state index is -4.46. The zero-order chi connectivity index (χ0) is 18.0. The Labute approximate surface area is 142 Å². The van der Waals surface area contributed by atoms with Crippen molar-refractivity contribution in [1.82, 2.24) is 29.4 Å². The van der Waals surface area contributed by atoms with E-state index in [4.69, 9.17) is 0 Å². The molecule has 10 heteroatoms. The Morgan fingerprint density at radius 3 is 2.84 bits per heavy atom. The average Bonchev–Trinajstić information content (AvgIpc) is 3.21. The van der Waals surface area contributed by atoms with Crippen LogP contribution in [0.1, 0.15) is 36.7 Å². The summed E-state index contributed by atoms with van der Waals surface area (Å²) in [5.41, 5.74) is -0.889. The SMILES string of the molecule is Cn1cc(C(F)(F)F)nc1[C@@H]1CCCN(C(=O)CCn2ccnn2)C1. The van der Waals surface area contributed by atoms with Gasteiger partial charge in [0.2, 0.25) is 5.91 Å². The second-order valence-corrected chi connectivity index (χ2v) is 6.19. The molecule has 1 aliphatic rings. The first-order valence-electron chi connectivity index (χ1n) is 8.07. The topological polar surface area (TPSA) is 68.8 Å². The number of imidazole rings is 1. The lowest BCUT2D eigenvalue weighted by molar-refractivity contribution is -0.141. The van der Waals surface area contributed by atoms with Crippen LogP contribution in [0.25, 0.3) is 0 Å². The lowest BCUT2D eigenvalue weighted by Gasteiger charge is -2.32. The molecule has 25 heavy (non-hydrogen) atoms. The summed E-state index contributed by atoms with van der Waals surface area (Å²) in [5, 5.41) is 7.49. The molecule has 0 spiro atoms. The Kier molecular flexibility index (Phi) is 4.78. The largest absolute Gasteiger partial charge is 0.434 e. The van der Waals surface area contributed by atoms with Crippen LogP contribution in [0.5, 0.6) is 0 Å². The van der Waals surface area contributed by atoms with Gasteiger partial charge < -0.3 is 9.47 Å². The zero-order valence-electron chi connectivity index (χ0n) is 13.8. The molecular formula is C15H19F3N6O. The molecule has 1 amide bonds. The molecule has 1 saturated heterocycles. The maximum atomic E-state index is 12.8. The Hall–Kier alpha value is -2.39. The van der Waals surface area contributed by atoms with Gasteiger partial charge in [-0.1, -0.05) is 5.21 Å². The predicted octanol–water partition coefficient (Wildman–Crippen LogP) is 1.83. The standard InChI is InChI=1S/C15H19F3N6O/c1-22-10-12(15(16,17)18)20-14(22)11-3-2-6-23(9-11)13(25)4-7-24-8-5-19-21-24/h5,8,10-11H,2-4,6-7,9H2,1H3/t11-/m1/s1. The van der Waals surface area contributed by atoms with Crippen molar-refractivity contribution < 1.29 is 18.0 Å². The number of carbonyl (C=O) groups excluding carboxylic acids is 1. The molecule has 0 aliphatic carbocycles.